The maximum Gasteiger partial charge on any atom is 0.251 e. The molecular formula is C30H49NO4. The van der Waals surface area contributed by atoms with Crippen LogP contribution in [-0.2, 0) is 4.79 Å². The maximum absolute atomic E-state index is 13.0. The molecule has 198 valence electrons. The molecule has 0 bridgehead atoms. The SMILES string of the molecule is C=C1C(=CC=C2CCC[C@]3(C)[C@@H]([C@H](C)CC(O)C(=O)N(C(C)C)C(C)C)CC[C@@H]23)C[C@H](O)C[C@H]1O. The number of hydrogen-bond acceptors (Lipinski definition) is 4. The second-order valence-corrected chi connectivity index (χ2v) is 12.3. The fraction of sp³-hybridized carbons (Fsp3) is 0.767. The molecule has 3 saturated carbocycles. The van der Waals surface area contributed by atoms with Gasteiger partial charge in [-0.1, -0.05) is 38.2 Å². The molecule has 7 atom stereocenters. The summed E-state index contributed by atoms with van der Waals surface area (Å²) < 4.78 is 0. The Hall–Kier alpha value is -1.43. The highest BCUT2D eigenvalue weighted by Gasteiger charge is 2.51. The predicted octanol–water partition coefficient (Wildman–Crippen LogP) is 5.16. The molecule has 0 aromatic heterocycles. The van der Waals surface area contributed by atoms with E-state index in [2.05, 4.69) is 32.6 Å². The normalized spacial score (nSPS) is 35.6. The van der Waals surface area contributed by atoms with E-state index in [0.717, 1.165) is 36.8 Å². The topological polar surface area (TPSA) is 81.0 Å². The molecule has 1 unspecified atom stereocenters. The predicted molar refractivity (Wildman–Crippen MR) is 142 cm³/mol. The highest BCUT2D eigenvalue weighted by Crippen LogP contribution is 2.60. The fourth-order valence-corrected chi connectivity index (χ4v) is 7.57. The van der Waals surface area contributed by atoms with E-state index in [9.17, 15) is 20.1 Å². The van der Waals surface area contributed by atoms with Gasteiger partial charge in [-0.05, 0) is 107 Å². The first kappa shape index (κ1) is 28.1. The molecule has 0 radical (unpaired) electrons. The van der Waals surface area contributed by atoms with Gasteiger partial charge in [-0.2, -0.15) is 0 Å². The molecular weight excluding hydrogens is 438 g/mol. The Balaban J connectivity index is 1.73. The molecule has 5 nitrogen and oxygen atoms in total. The van der Waals surface area contributed by atoms with Crippen LogP contribution < -0.4 is 0 Å². The molecule has 3 N–H and O–H groups in total. The molecule has 3 aliphatic carbocycles. The lowest BCUT2D eigenvalue weighted by Crippen LogP contribution is -2.48. The Morgan fingerprint density at radius 2 is 1.80 bits per heavy atom. The summed E-state index contributed by atoms with van der Waals surface area (Å²) in [6.07, 6.45) is 9.32. The van der Waals surface area contributed by atoms with Crippen molar-refractivity contribution in [3.63, 3.8) is 0 Å². The number of carbonyl (C=O) groups is 1. The van der Waals surface area contributed by atoms with Crippen LogP contribution in [0.4, 0.5) is 0 Å². The largest absolute Gasteiger partial charge is 0.393 e. The zero-order valence-corrected chi connectivity index (χ0v) is 22.8. The van der Waals surface area contributed by atoms with Gasteiger partial charge in [0.25, 0.3) is 5.91 Å². The van der Waals surface area contributed by atoms with E-state index in [1.54, 1.807) is 4.90 Å². The van der Waals surface area contributed by atoms with Gasteiger partial charge in [0, 0.05) is 18.5 Å². The third-order valence-corrected chi connectivity index (χ3v) is 9.24. The van der Waals surface area contributed by atoms with E-state index in [1.807, 2.05) is 27.7 Å². The zero-order chi connectivity index (χ0) is 26.1. The lowest BCUT2D eigenvalue weighted by Gasteiger charge is -2.45. The lowest BCUT2D eigenvalue weighted by molar-refractivity contribution is -0.145. The Morgan fingerprint density at radius 1 is 1.14 bits per heavy atom. The highest BCUT2D eigenvalue weighted by atomic mass is 16.3. The minimum absolute atomic E-state index is 0.0727. The van der Waals surface area contributed by atoms with Gasteiger partial charge < -0.3 is 20.2 Å². The van der Waals surface area contributed by atoms with Crippen molar-refractivity contribution in [2.24, 2.45) is 23.2 Å². The molecule has 0 aliphatic heterocycles. The van der Waals surface area contributed by atoms with Crippen LogP contribution in [-0.4, -0.2) is 56.5 Å². The first-order valence-electron chi connectivity index (χ1n) is 13.8. The Labute approximate surface area is 213 Å². The van der Waals surface area contributed by atoms with Gasteiger partial charge in [-0.3, -0.25) is 4.79 Å². The third kappa shape index (κ3) is 5.94. The van der Waals surface area contributed by atoms with Crippen LogP contribution in [0.3, 0.4) is 0 Å². The molecule has 0 heterocycles. The van der Waals surface area contributed by atoms with Gasteiger partial charge in [0.1, 0.15) is 6.10 Å². The van der Waals surface area contributed by atoms with Crippen molar-refractivity contribution in [1.82, 2.24) is 4.90 Å². The Bertz CT molecular complexity index is 835. The number of fused-ring (bicyclic) bond motifs is 1. The van der Waals surface area contributed by atoms with Crippen molar-refractivity contribution in [2.45, 2.75) is 123 Å². The summed E-state index contributed by atoms with van der Waals surface area (Å²) in [7, 11) is 0. The minimum atomic E-state index is -0.948. The third-order valence-electron chi connectivity index (χ3n) is 9.24. The Morgan fingerprint density at radius 3 is 2.43 bits per heavy atom. The van der Waals surface area contributed by atoms with Gasteiger partial charge in [0.2, 0.25) is 0 Å². The highest BCUT2D eigenvalue weighted by molar-refractivity contribution is 5.81. The fourth-order valence-electron chi connectivity index (χ4n) is 7.57. The molecule has 0 spiro atoms. The van der Waals surface area contributed by atoms with Crippen molar-refractivity contribution in [3.05, 3.63) is 35.5 Å². The van der Waals surface area contributed by atoms with Gasteiger partial charge in [0.15, 0.2) is 0 Å². The summed E-state index contributed by atoms with van der Waals surface area (Å²) in [5.74, 6) is 1.11. The van der Waals surface area contributed by atoms with Crippen molar-refractivity contribution >= 4 is 5.91 Å². The average molecular weight is 488 g/mol. The number of nitrogens with zero attached hydrogens (tertiary/aromatic N) is 1. The molecule has 35 heavy (non-hydrogen) atoms. The van der Waals surface area contributed by atoms with Crippen LogP contribution in [0.25, 0.3) is 0 Å². The zero-order valence-electron chi connectivity index (χ0n) is 22.8. The van der Waals surface area contributed by atoms with E-state index in [4.69, 9.17) is 0 Å². The van der Waals surface area contributed by atoms with Crippen LogP contribution in [0.5, 0.6) is 0 Å². The number of rotatable bonds is 7. The summed E-state index contributed by atoms with van der Waals surface area (Å²) in [6, 6.07) is 0.145. The van der Waals surface area contributed by atoms with E-state index < -0.39 is 18.3 Å². The first-order valence-corrected chi connectivity index (χ1v) is 13.8. The number of hydrogen-bond donors (Lipinski definition) is 3. The summed E-state index contributed by atoms with van der Waals surface area (Å²) in [5, 5.41) is 31.2. The van der Waals surface area contributed by atoms with E-state index in [0.29, 0.717) is 31.1 Å². The number of amides is 1. The van der Waals surface area contributed by atoms with Crippen LogP contribution >= 0.6 is 0 Å². The summed E-state index contributed by atoms with van der Waals surface area (Å²) in [6.45, 7) is 16.7. The molecule has 0 aromatic carbocycles. The van der Waals surface area contributed by atoms with Gasteiger partial charge in [0.05, 0.1) is 12.2 Å². The monoisotopic (exact) mass is 487 g/mol. The van der Waals surface area contributed by atoms with Crippen LogP contribution in [0.15, 0.2) is 35.5 Å². The number of aliphatic hydroxyl groups is 3. The van der Waals surface area contributed by atoms with Gasteiger partial charge >= 0.3 is 0 Å². The van der Waals surface area contributed by atoms with Gasteiger partial charge in [-0.15, -0.1) is 0 Å². The van der Waals surface area contributed by atoms with Crippen molar-refractivity contribution < 1.29 is 20.1 Å². The second kappa shape index (κ2) is 11.3. The smallest absolute Gasteiger partial charge is 0.251 e. The summed E-state index contributed by atoms with van der Waals surface area (Å²) >= 11 is 0. The van der Waals surface area contributed by atoms with Crippen LogP contribution in [0.1, 0.15) is 92.9 Å². The molecule has 0 saturated heterocycles. The second-order valence-electron chi connectivity index (χ2n) is 12.3. The Kier molecular flexibility index (Phi) is 9.10. The number of aliphatic hydroxyl groups excluding tert-OH is 3. The van der Waals surface area contributed by atoms with Crippen LogP contribution in [0.2, 0.25) is 0 Å². The molecule has 3 fully saturated rings. The molecule has 1 amide bonds. The van der Waals surface area contributed by atoms with Crippen LogP contribution in [0, 0.1) is 23.2 Å². The summed E-state index contributed by atoms with van der Waals surface area (Å²) in [4.78, 5) is 14.8. The first-order chi connectivity index (χ1) is 16.4. The van der Waals surface area contributed by atoms with Crippen molar-refractivity contribution in [1.29, 1.82) is 0 Å². The van der Waals surface area contributed by atoms with E-state index in [1.165, 1.54) is 12.0 Å². The number of allylic oxidation sites excluding steroid dienone is 3. The van der Waals surface area contributed by atoms with Crippen molar-refractivity contribution in [3.8, 4) is 0 Å². The minimum Gasteiger partial charge on any atom is -0.393 e. The molecule has 0 aromatic rings. The number of carbonyl (C=O) groups excluding carboxylic acids is 1. The standard InChI is InChI=1S/C30H49NO4/c1-18(2)31(19(3)4)29(35)28(34)15-20(5)25-12-13-26-22(9-8-14-30(25,26)7)10-11-23-16-24(32)17-27(33)21(23)6/h10-11,18-20,24-28,32-34H,6,8-9,12-17H2,1-5,7H3/t20-,24+,25-,26+,27-,28?,30-/m1/s1. The average Bonchev–Trinajstić information content (AvgIpc) is 3.12. The summed E-state index contributed by atoms with van der Waals surface area (Å²) in [5.41, 5.74) is 3.33. The lowest BCUT2D eigenvalue weighted by atomic mass is 9.60. The molecule has 3 aliphatic rings. The molecule has 5 heteroatoms. The maximum atomic E-state index is 13.0. The van der Waals surface area contributed by atoms with E-state index in [-0.39, 0.29) is 29.3 Å². The van der Waals surface area contributed by atoms with E-state index >= 15 is 0 Å². The quantitative estimate of drug-likeness (QED) is 0.463. The molecule has 3 rings (SSSR count). The van der Waals surface area contributed by atoms with Gasteiger partial charge in [-0.25, -0.2) is 0 Å². The van der Waals surface area contributed by atoms with Crippen molar-refractivity contribution in [2.75, 3.05) is 0 Å².